The van der Waals surface area contributed by atoms with E-state index in [-0.39, 0.29) is 18.5 Å². The van der Waals surface area contributed by atoms with E-state index in [4.69, 9.17) is 0 Å². The van der Waals surface area contributed by atoms with Gasteiger partial charge in [0.15, 0.2) is 0 Å². The van der Waals surface area contributed by atoms with E-state index in [1.807, 2.05) is 13.8 Å². The number of nitrogens with zero attached hydrogens (tertiary/aromatic N) is 2. The lowest BCUT2D eigenvalue weighted by atomic mass is 10.1. The average molecular weight is 556 g/mol. The summed E-state index contributed by atoms with van der Waals surface area (Å²) in [4.78, 5) is 28.0. The molecule has 186 valence electrons. The predicted octanol–water partition coefficient (Wildman–Crippen LogP) is 4.08. The van der Waals surface area contributed by atoms with Crippen LogP contribution >= 0.6 is 15.9 Å². The van der Waals surface area contributed by atoms with Crippen LogP contribution in [0.25, 0.3) is 0 Å². The number of carbonyl (C=O) groups is 2. The summed E-state index contributed by atoms with van der Waals surface area (Å²) in [5.41, 5.74) is 0.938. The van der Waals surface area contributed by atoms with E-state index >= 15 is 0 Å². The second-order valence-corrected chi connectivity index (χ2v) is 10.9. The Balaban J connectivity index is 2.44. The van der Waals surface area contributed by atoms with Crippen molar-refractivity contribution in [2.75, 3.05) is 17.1 Å². The molecule has 0 aliphatic carbocycles. The Hall–Kier alpha value is -2.46. The summed E-state index contributed by atoms with van der Waals surface area (Å²) in [6.45, 7) is 5.13. The second-order valence-electron chi connectivity index (χ2n) is 8.11. The summed E-state index contributed by atoms with van der Waals surface area (Å²) < 4.78 is 40.2. The molecule has 0 bridgehead atoms. The molecule has 7 nitrogen and oxygen atoms in total. The van der Waals surface area contributed by atoms with Crippen molar-refractivity contribution in [3.63, 3.8) is 0 Å². The van der Waals surface area contributed by atoms with E-state index < -0.39 is 34.3 Å². The zero-order valence-corrected chi connectivity index (χ0v) is 22.2. The smallest absolute Gasteiger partial charge is 0.244 e. The van der Waals surface area contributed by atoms with Crippen LogP contribution in [-0.2, 0) is 26.2 Å². The number of rotatable bonds is 11. The molecule has 1 N–H and O–H groups in total. The van der Waals surface area contributed by atoms with Crippen LogP contribution in [0, 0.1) is 5.82 Å². The van der Waals surface area contributed by atoms with Gasteiger partial charge in [-0.2, -0.15) is 0 Å². The molecular weight excluding hydrogens is 525 g/mol. The molecular formula is C24H31BrFN3O4S. The van der Waals surface area contributed by atoms with Gasteiger partial charge >= 0.3 is 0 Å². The molecule has 0 spiro atoms. The molecule has 0 aliphatic heterocycles. The molecule has 2 amide bonds. The van der Waals surface area contributed by atoms with Crippen LogP contribution in [0.5, 0.6) is 0 Å². The van der Waals surface area contributed by atoms with E-state index in [2.05, 4.69) is 21.2 Å². The van der Waals surface area contributed by atoms with Crippen LogP contribution in [0.2, 0.25) is 0 Å². The van der Waals surface area contributed by atoms with Gasteiger partial charge in [0.1, 0.15) is 18.4 Å². The van der Waals surface area contributed by atoms with Crippen molar-refractivity contribution >= 4 is 43.5 Å². The molecule has 0 aromatic heterocycles. The van der Waals surface area contributed by atoms with Gasteiger partial charge in [-0.1, -0.05) is 38.1 Å². The standard InChI is InChI=1S/C24H31BrFN3O4S/c1-5-17(3)27-24(31)21(6-2)28(15-18-11-13-19(26)14-12-18)23(30)16-29(34(4,32)33)22-10-8-7-9-20(22)25/h7-14,17,21H,5-6,15-16H2,1-4H3,(H,27,31)/t17-,21+/m1/s1. The van der Waals surface area contributed by atoms with Gasteiger partial charge in [0.25, 0.3) is 0 Å². The Kier molecular flexibility index (Phi) is 10.1. The zero-order valence-electron chi connectivity index (χ0n) is 19.8. The van der Waals surface area contributed by atoms with Gasteiger partial charge in [0.05, 0.1) is 11.9 Å². The highest BCUT2D eigenvalue weighted by Gasteiger charge is 2.32. The summed E-state index contributed by atoms with van der Waals surface area (Å²) in [6.07, 6.45) is 2.07. The Bertz CT molecular complexity index is 1100. The molecule has 2 rings (SSSR count). The van der Waals surface area contributed by atoms with E-state index in [1.165, 1.54) is 29.2 Å². The third-order valence-corrected chi connectivity index (χ3v) is 7.25. The fraction of sp³-hybridized carbons (Fsp3) is 0.417. The van der Waals surface area contributed by atoms with E-state index in [1.54, 1.807) is 31.2 Å². The van der Waals surface area contributed by atoms with Gasteiger partial charge in [0, 0.05) is 17.1 Å². The average Bonchev–Trinajstić information content (AvgIpc) is 2.78. The minimum absolute atomic E-state index is 0.0269. The summed E-state index contributed by atoms with van der Waals surface area (Å²) in [7, 11) is -3.82. The van der Waals surface area contributed by atoms with Crippen LogP contribution in [-0.4, -0.2) is 50.0 Å². The summed E-state index contributed by atoms with van der Waals surface area (Å²) >= 11 is 3.35. The quantitative estimate of drug-likeness (QED) is 0.452. The lowest BCUT2D eigenvalue weighted by molar-refractivity contribution is -0.140. The van der Waals surface area contributed by atoms with Crippen LogP contribution in [0.1, 0.15) is 39.2 Å². The first-order chi connectivity index (χ1) is 16.0. The zero-order chi connectivity index (χ0) is 25.5. The van der Waals surface area contributed by atoms with Crippen LogP contribution in [0.3, 0.4) is 0 Å². The van der Waals surface area contributed by atoms with Crippen molar-refractivity contribution in [3.05, 3.63) is 64.4 Å². The molecule has 2 aromatic carbocycles. The van der Waals surface area contributed by atoms with Gasteiger partial charge in [-0.05, 0) is 65.5 Å². The van der Waals surface area contributed by atoms with Gasteiger partial charge in [0.2, 0.25) is 21.8 Å². The molecule has 0 heterocycles. The molecule has 0 saturated carbocycles. The third-order valence-electron chi connectivity index (χ3n) is 5.45. The molecule has 2 aromatic rings. The van der Waals surface area contributed by atoms with Crippen molar-refractivity contribution in [2.24, 2.45) is 0 Å². The monoisotopic (exact) mass is 555 g/mol. The summed E-state index contributed by atoms with van der Waals surface area (Å²) in [6, 6.07) is 11.4. The predicted molar refractivity (Wildman–Crippen MR) is 135 cm³/mol. The lowest BCUT2D eigenvalue weighted by Gasteiger charge is -2.33. The van der Waals surface area contributed by atoms with E-state index in [0.717, 1.165) is 17.0 Å². The topological polar surface area (TPSA) is 86.8 Å². The molecule has 0 unspecified atom stereocenters. The first kappa shape index (κ1) is 27.8. The highest BCUT2D eigenvalue weighted by molar-refractivity contribution is 9.10. The fourth-order valence-corrected chi connectivity index (χ4v) is 4.87. The number of anilines is 1. The number of hydrogen-bond donors (Lipinski definition) is 1. The van der Waals surface area contributed by atoms with Crippen molar-refractivity contribution in [1.82, 2.24) is 10.2 Å². The number of benzene rings is 2. The molecule has 0 saturated heterocycles. The Morgan fingerprint density at radius 1 is 1.06 bits per heavy atom. The Labute approximate surface area is 209 Å². The van der Waals surface area contributed by atoms with Crippen molar-refractivity contribution in [1.29, 1.82) is 0 Å². The molecule has 2 atom stereocenters. The summed E-state index contributed by atoms with van der Waals surface area (Å²) in [5.74, 6) is -1.28. The molecule has 0 radical (unpaired) electrons. The number of carbonyl (C=O) groups excluding carboxylic acids is 2. The second kappa shape index (κ2) is 12.3. The van der Waals surface area contributed by atoms with Crippen LogP contribution in [0.15, 0.2) is 53.0 Å². The van der Waals surface area contributed by atoms with Crippen molar-refractivity contribution in [3.8, 4) is 0 Å². The van der Waals surface area contributed by atoms with Gasteiger partial charge in [-0.25, -0.2) is 12.8 Å². The minimum Gasteiger partial charge on any atom is -0.352 e. The van der Waals surface area contributed by atoms with Crippen LogP contribution in [0.4, 0.5) is 10.1 Å². The molecule has 10 heteroatoms. The Morgan fingerprint density at radius 3 is 2.21 bits per heavy atom. The first-order valence-electron chi connectivity index (χ1n) is 11.0. The maximum absolute atomic E-state index is 13.6. The number of hydrogen-bond acceptors (Lipinski definition) is 4. The number of sulfonamides is 1. The highest BCUT2D eigenvalue weighted by atomic mass is 79.9. The number of nitrogens with one attached hydrogen (secondary N) is 1. The van der Waals surface area contributed by atoms with Gasteiger partial charge < -0.3 is 10.2 Å². The van der Waals surface area contributed by atoms with E-state index in [0.29, 0.717) is 22.1 Å². The maximum Gasteiger partial charge on any atom is 0.244 e. The Morgan fingerprint density at radius 2 is 1.68 bits per heavy atom. The molecule has 0 aliphatic rings. The third kappa shape index (κ3) is 7.53. The van der Waals surface area contributed by atoms with E-state index in [9.17, 15) is 22.4 Å². The largest absolute Gasteiger partial charge is 0.352 e. The lowest BCUT2D eigenvalue weighted by Crippen LogP contribution is -2.53. The number of para-hydroxylation sites is 1. The van der Waals surface area contributed by atoms with Crippen LogP contribution < -0.4 is 9.62 Å². The molecule has 34 heavy (non-hydrogen) atoms. The van der Waals surface area contributed by atoms with Gasteiger partial charge in [-0.15, -0.1) is 0 Å². The summed E-state index contributed by atoms with van der Waals surface area (Å²) in [5, 5.41) is 2.90. The fourth-order valence-electron chi connectivity index (χ4n) is 3.40. The SMILES string of the molecule is CC[C@@H](C)NC(=O)[C@H](CC)N(Cc1ccc(F)cc1)C(=O)CN(c1ccccc1Br)S(C)(=O)=O. The van der Waals surface area contributed by atoms with Crippen molar-refractivity contribution in [2.45, 2.75) is 52.2 Å². The molecule has 0 fully saturated rings. The van der Waals surface area contributed by atoms with Crippen molar-refractivity contribution < 1.29 is 22.4 Å². The first-order valence-corrected chi connectivity index (χ1v) is 13.7. The minimum atomic E-state index is -3.82. The maximum atomic E-state index is 13.6. The number of amides is 2. The number of halogens is 2. The van der Waals surface area contributed by atoms with Gasteiger partial charge in [-0.3, -0.25) is 13.9 Å². The normalized spacial score (nSPS) is 13.1. The highest BCUT2D eigenvalue weighted by Crippen LogP contribution is 2.28.